The van der Waals surface area contributed by atoms with Crippen molar-refractivity contribution in [2.24, 2.45) is 0 Å². The van der Waals surface area contributed by atoms with Gasteiger partial charge in [0.05, 0.1) is 18.7 Å². The van der Waals surface area contributed by atoms with E-state index >= 15 is 0 Å². The van der Waals surface area contributed by atoms with Gasteiger partial charge in [-0.2, -0.15) is 0 Å². The molecule has 8 nitrogen and oxygen atoms in total. The number of rotatable bonds is 9. The average Bonchev–Trinajstić information content (AvgIpc) is 2.78. The van der Waals surface area contributed by atoms with Crippen LogP contribution in [0.5, 0.6) is 0 Å². The van der Waals surface area contributed by atoms with Crippen molar-refractivity contribution in [1.29, 1.82) is 0 Å². The smallest absolute Gasteiger partial charge is 0.356 e. The highest BCUT2D eigenvalue weighted by Gasteiger charge is 2.10. The first-order valence-corrected chi connectivity index (χ1v) is 7.40. The van der Waals surface area contributed by atoms with Gasteiger partial charge in [-0.3, -0.25) is 0 Å². The highest BCUT2D eigenvalue weighted by atomic mass is 32.2. The van der Waals surface area contributed by atoms with Gasteiger partial charge in [0.2, 0.25) is 10.0 Å². The monoisotopic (exact) mass is 291 g/mol. The SMILES string of the molecule is CCOCCS(=O)(=O)NCCn1cnc(C(=O)O)c1. The maximum Gasteiger partial charge on any atom is 0.356 e. The van der Waals surface area contributed by atoms with E-state index in [-0.39, 0.29) is 24.6 Å². The van der Waals surface area contributed by atoms with Crippen LogP contribution in [0.4, 0.5) is 0 Å². The Morgan fingerprint density at radius 2 is 2.32 bits per heavy atom. The summed E-state index contributed by atoms with van der Waals surface area (Å²) in [6.45, 7) is 2.90. The van der Waals surface area contributed by atoms with Gasteiger partial charge in [-0.25, -0.2) is 22.9 Å². The van der Waals surface area contributed by atoms with Gasteiger partial charge in [0.25, 0.3) is 0 Å². The first-order chi connectivity index (χ1) is 8.94. The molecule has 9 heteroatoms. The summed E-state index contributed by atoms with van der Waals surface area (Å²) in [5, 5.41) is 8.67. The molecule has 0 radical (unpaired) electrons. The second-order valence-corrected chi connectivity index (χ2v) is 5.64. The molecule has 0 aliphatic carbocycles. The molecule has 0 amide bonds. The third kappa shape index (κ3) is 5.81. The van der Waals surface area contributed by atoms with E-state index in [9.17, 15) is 13.2 Å². The Balaban J connectivity index is 2.34. The third-order valence-corrected chi connectivity index (χ3v) is 3.59. The maximum absolute atomic E-state index is 11.5. The lowest BCUT2D eigenvalue weighted by atomic mass is 10.5. The summed E-state index contributed by atoms with van der Waals surface area (Å²) >= 11 is 0. The van der Waals surface area contributed by atoms with Crippen molar-refractivity contribution >= 4 is 16.0 Å². The van der Waals surface area contributed by atoms with E-state index in [1.165, 1.54) is 17.1 Å². The number of hydrogen-bond acceptors (Lipinski definition) is 5. The Morgan fingerprint density at radius 1 is 1.58 bits per heavy atom. The largest absolute Gasteiger partial charge is 0.476 e. The molecule has 19 heavy (non-hydrogen) atoms. The molecule has 0 spiro atoms. The highest BCUT2D eigenvalue weighted by Crippen LogP contribution is 1.95. The van der Waals surface area contributed by atoms with Gasteiger partial charge in [-0.05, 0) is 6.92 Å². The zero-order valence-corrected chi connectivity index (χ0v) is 11.4. The molecule has 0 aromatic carbocycles. The van der Waals surface area contributed by atoms with Gasteiger partial charge in [-0.1, -0.05) is 0 Å². The number of hydrogen-bond donors (Lipinski definition) is 2. The molecule has 108 valence electrons. The minimum absolute atomic E-state index is 0.0702. The second-order valence-electron chi connectivity index (χ2n) is 3.71. The van der Waals surface area contributed by atoms with Crippen molar-refractivity contribution in [2.75, 3.05) is 25.5 Å². The van der Waals surface area contributed by atoms with Crippen LogP contribution in [0.15, 0.2) is 12.5 Å². The number of carboxylic acids is 1. The van der Waals surface area contributed by atoms with E-state index in [4.69, 9.17) is 9.84 Å². The van der Waals surface area contributed by atoms with Crippen molar-refractivity contribution in [3.63, 3.8) is 0 Å². The Labute approximate surface area is 111 Å². The quantitative estimate of drug-likeness (QED) is 0.595. The Hall–Kier alpha value is -1.45. The first-order valence-electron chi connectivity index (χ1n) is 5.74. The average molecular weight is 291 g/mol. The summed E-state index contributed by atoms with van der Waals surface area (Å²) in [5.41, 5.74) is -0.0702. The van der Waals surface area contributed by atoms with Crippen LogP contribution in [0.2, 0.25) is 0 Å². The molecule has 1 aromatic heterocycles. The first kappa shape index (κ1) is 15.6. The number of nitrogens with one attached hydrogen (secondary N) is 1. The Morgan fingerprint density at radius 3 is 2.89 bits per heavy atom. The van der Waals surface area contributed by atoms with Gasteiger partial charge in [0.1, 0.15) is 0 Å². The molecule has 1 heterocycles. The fraction of sp³-hybridized carbons (Fsp3) is 0.600. The van der Waals surface area contributed by atoms with Crippen LogP contribution >= 0.6 is 0 Å². The normalized spacial score (nSPS) is 11.6. The lowest BCUT2D eigenvalue weighted by Crippen LogP contribution is -2.31. The minimum atomic E-state index is -3.36. The fourth-order valence-electron chi connectivity index (χ4n) is 1.31. The molecule has 0 bridgehead atoms. The summed E-state index contributed by atoms with van der Waals surface area (Å²) in [6, 6.07) is 0. The van der Waals surface area contributed by atoms with E-state index in [0.717, 1.165) is 0 Å². The fourth-order valence-corrected chi connectivity index (χ4v) is 2.19. The number of aromatic nitrogens is 2. The van der Waals surface area contributed by atoms with E-state index in [0.29, 0.717) is 13.2 Å². The lowest BCUT2D eigenvalue weighted by Gasteiger charge is -2.07. The minimum Gasteiger partial charge on any atom is -0.476 e. The maximum atomic E-state index is 11.5. The number of nitrogens with zero attached hydrogens (tertiary/aromatic N) is 2. The van der Waals surface area contributed by atoms with Crippen LogP contribution in [-0.4, -0.2) is 54.6 Å². The molecular formula is C10H17N3O5S. The number of carboxylic acid groups (broad SMARTS) is 1. The van der Waals surface area contributed by atoms with Gasteiger partial charge >= 0.3 is 5.97 Å². The predicted molar refractivity (Wildman–Crippen MR) is 67.5 cm³/mol. The molecule has 1 aromatic rings. The van der Waals surface area contributed by atoms with Crippen LogP contribution in [0.25, 0.3) is 0 Å². The number of imidazole rings is 1. The van der Waals surface area contributed by atoms with Crippen molar-refractivity contribution in [3.8, 4) is 0 Å². The molecule has 0 aliphatic rings. The summed E-state index contributed by atoms with van der Waals surface area (Å²) in [5.74, 6) is -1.21. The molecule has 2 N–H and O–H groups in total. The van der Waals surface area contributed by atoms with E-state index in [1.54, 1.807) is 6.92 Å². The van der Waals surface area contributed by atoms with Crippen molar-refractivity contribution in [2.45, 2.75) is 13.5 Å². The number of aromatic carboxylic acids is 1. The lowest BCUT2D eigenvalue weighted by molar-refractivity contribution is 0.0691. The zero-order chi connectivity index (χ0) is 14.3. The van der Waals surface area contributed by atoms with Gasteiger partial charge in [-0.15, -0.1) is 0 Å². The predicted octanol–water partition coefficient (Wildman–Crippen LogP) is -0.463. The Bertz CT molecular complexity index is 511. The summed E-state index contributed by atoms with van der Waals surface area (Å²) in [6.07, 6.45) is 2.69. The van der Waals surface area contributed by atoms with E-state index in [2.05, 4.69) is 9.71 Å². The molecule has 0 fully saturated rings. The summed E-state index contributed by atoms with van der Waals surface area (Å²) in [7, 11) is -3.36. The highest BCUT2D eigenvalue weighted by molar-refractivity contribution is 7.89. The summed E-state index contributed by atoms with van der Waals surface area (Å²) in [4.78, 5) is 14.3. The molecule has 0 saturated carbocycles. The molecule has 0 saturated heterocycles. The number of sulfonamides is 1. The van der Waals surface area contributed by atoms with E-state index in [1.807, 2.05) is 0 Å². The van der Waals surface area contributed by atoms with Crippen molar-refractivity contribution < 1.29 is 23.1 Å². The van der Waals surface area contributed by atoms with Crippen LogP contribution in [0, 0.1) is 0 Å². The summed E-state index contributed by atoms with van der Waals surface area (Å²) < 4.78 is 31.9. The van der Waals surface area contributed by atoms with Gasteiger partial charge in [0, 0.05) is 25.9 Å². The number of carbonyl (C=O) groups is 1. The molecule has 1 rings (SSSR count). The van der Waals surface area contributed by atoms with Crippen LogP contribution in [-0.2, 0) is 21.3 Å². The van der Waals surface area contributed by atoms with Gasteiger partial charge in [0.15, 0.2) is 5.69 Å². The number of ether oxygens (including phenoxy) is 1. The topological polar surface area (TPSA) is 111 Å². The molecule has 0 aliphatic heterocycles. The van der Waals surface area contributed by atoms with Crippen LogP contribution in [0.3, 0.4) is 0 Å². The third-order valence-electron chi connectivity index (χ3n) is 2.24. The molecule has 0 unspecified atom stereocenters. The van der Waals surface area contributed by atoms with Crippen LogP contribution < -0.4 is 4.72 Å². The van der Waals surface area contributed by atoms with E-state index < -0.39 is 16.0 Å². The molecular weight excluding hydrogens is 274 g/mol. The zero-order valence-electron chi connectivity index (χ0n) is 10.6. The molecule has 0 atom stereocenters. The van der Waals surface area contributed by atoms with Crippen molar-refractivity contribution in [3.05, 3.63) is 18.2 Å². The van der Waals surface area contributed by atoms with Gasteiger partial charge < -0.3 is 14.4 Å². The second kappa shape index (κ2) is 7.22. The van der Waals surface area contributed by atoms with Crippen LogP contribution in [0.1, 0.15) is 17.4 Å². The van der Waals surface area contributed by atoms with Crippen molar-refractivity contribution in [1.82, 2.24) is 14.3 Å². The standard InChI is InChI=1S/C10H17N3O5S/c1-2-18-5-6-19(16,17)12-3-4-13-7-9(10(14)15)11-8-13/h7-8,12H,2-6H2,1H3,(H,14,15). The Kier molecular flexibility index (Phi) is 5.93.